The fourth-order valence-electron chi connectivity index (χ4n) is 6.95. The van der Waals surface area contributed by atoms with Crippen molar-refractivity contribution in [1.82, 2.24) is 0 Å². The first-order valence-electron chi connectivity index (χ1n) is 20.1. The fraction of sp³-hybridized carbons (Fsp3) is 0.522. The van der Waals surface area contributed by atoms with Crippen molar-refractivity contribution in [1.29, 1.82) is 0 Å². The Morgan fingerprint density at radius 1 is 0.462 bits per heavy atom. The second-order valence-corrected chi connectivity index (χ2v) is 18.9. The molecule has 2 amide bonds. The van der Waals surface area contributed by atoms with E-state index in [0.29, 0.717) is 0 Å². The Morgan fingerprint density at radius 3 is 1.17 bits per heavy atom. The number of carbonyl (C=O) groups is 2. The summed E-state index contributed by atoms with van der Waals surface area (Å²) in [6.45, 7) is 13.4. The minimum absolute atomic E-state index is 0.260. The molecule has 0 heterocycles. The molecule has 0 saturated heterocycles. The lowest BCUT2D eigenvalue weighted by atomic mass is 10.0. The Morgan fingerprint density at radius 2 is 0.788 bits per heavy atom. The van der Waals surface area contributed by atoms with Gasteiger partial charge in [0.05, 0.1) is 11.4 Å². The van der Waals surface area contributed by atoms with Crippen LogP contribution in [0, 0.1) is 0 Å². The molecule has 0 aliphatic rings. The van der Waals surface area contributed by atoms with Crippen molar-refractivity contribution in [2.45, 2.75) is 154 Å². The number of amides is 2. The van der Waals surface area contributed by atoms with Gasteiger partial charge in [0, 0.05) is 20.3 Å². The van der Waals surface area contributed by atoms with Crippen molar-refractivity contribution in [2.75, 3.05) is 8.61 Å². The van der Waals surface area contributed by atoms with Gasteiger partial charge in [0.25, 0.3) is 0 Å². The van der Waals surface area contributed by atoms with E-state index in [4.69, 9.17) is 0 Å². The van der Waals surface area contributed by atoms with Gasteiger partial charge in [0.2, 0.25) is 0 Å². The van der Waals surface area contributed by atoms with Crippen LogP contribution >= 0.6 is 23.9 Å². The van der Waals surface area contributed by atoms with Crippen molar-refractivity contribution in [3.05, 3.63) is 84.9 Å². The maximum Gasteiger partial charge on any atom is 0.327 e. The second-order valence-electron chi connectivity index (χ2n) is 15.6. The van der Waals surface area contributed by atoms with Gasteiger partial charge >= 0.3 is 11.8 Å². The zero-order chi connectivity index (χ0) is 37.4. The van der Waals surface area contributed by atoms with Crippen LogP contribution in [0.3, 0.4) is 0 Å². The third-order valence-electron chi connectivity index (χ3n) is 9.96. The van der Waals surface area contributed by atoms with E-state index in [2.05, 4.69) is 77.9 Å². The van der Waals surface area contributed by atoms with Crippen molar-refractivity contribution in [2.24, 2.45) is 0 Å². The predicted molar refractivity (Wildman–Crippen MR) is 231 cm³/mol. The van der Waals surface area contributed by atoms with Gasteiger partial charge in [-0.25, -0.2) is 8.61 Å². The van der Waals surface area contributed by atoms with E-state index < -0.39 is 11.8 Å². The van der Waals surface area contributed by atoms with E-state index in [-0.39, 0.29) is 9.49 Å². The summed E-state index contributed by atoms with van der Waals surface area (Å²) in [6, 6.07) is 28.4. The fourth-order valence-corrected chi connectivity index (χ4v) is 9.24. The molecule has 0 aliphatic heterocycles. The van der Waals surface area contributed by atoms with Crippen LogP contribution in [0.15, 0.2) is 84.9 Å². The average Bonchev–Trinajstić information content (AvgIpc) is 3.14. The third kappa shape index (κ3) is 12.6. The monoisotopic (exact) mass is 740 g/mol. The van der Waals surface area contributed by atoms with Crippen LogP contribution < -0.4 is 8.61 Å². The van der Waals surface area contributed by atoms with Crippen LogP contribution in [0.1, 0.15) is 144 Å². The molecule has 6 heteroatoms. The molecule has 0 aromatic heterocycles. The quantitative estimate of drug-likeness (QED) is 0.0457. The van der Waals surface area contributed by atoms with Gasteiger partial charge in [-0.15, -0.1) is 0 Å². The first-order chi connectivity index (χ1) is 25.1. The number of benzene rings is 4. The highest BCUT2D eigenvalue weighted by Gasteiger charge is 2.37. The highest BCUT2D eigenvalue weighted by molar-refractivity contribution is 8.03. The molecule has 0 atom stereocenters. The number of unbranched alkanes of at least 4 members (excludes halogenated alkanes) is 12. The van der Waals surface area contributed by atoms with Crippen molar-refractivity contribution in [3.8, 4) is 0 Å². The van der Waals surface area contributed by atoms with Crippen molar-refractivity contribution < 1.29 is 9.59 Å². The lowest BCUT2D eigenvalue weighted by Crippen LogP contribution is -2.43. The highest BCUT2D eigenvalue weighted by atomic mass is 32.2. The molecule has 282 valence electrons. The number of anilines is 2. The minimum Gasteiger partial charge on any atom is -0.262 e. The Kier molecular flexibility index (Phi) is 16.9. The van der Waals surface area contributed by atoms with Crippen LogP contribution in [0.5, 0.6) is 0 Å². The molecule has 0 aliphatic carbocycles. The number of fused-ring (bicyclic) bond motifs is 2. The topological polar surface area (TPSA) is 40.6 Å². The molecular weight excluding hydrogens is 677 g/mol. The summed E-state index contributed by atoms with van der Waals surface area (Å²) in [7, 11) is 0. The first kappa shape index (κ1) is 41.8. The van der Waals surface area contributed by atoms with E-state index in [9.17, 15) is 9.59 Å². The van der Waals surface area contributed by atoms with Gasteiger partial charge in [0.15, 0.2) is 0 Å². The summed E-state index contributed by atoms with van der Waals surface area (Å²) in [5, 5.41) is 4.03. The molecule has 0 fully saturated rings. The van der Waals surface area contributed by atoms with Crippen LogP contribution in [0.4, 0.5) is 11.4 Å². The predicted octanol–water partition coefficient (Wildman–Crippen LogP) is 14.5. The van der Waals surface area contributed by atoms with Crippen molar-refractivity contribution >= 4 is 68.6 Å². The summed E-state index contributed by atoms with van der Waals surface area (Å²) in [6.07, 6.45) is 19.3. The summed E-state index contributed by atoms with van der Waals surface area (Å²) in [5.41, 5.74) is 1.53. The Balaban J connectivity index is 1.64. The summed E-state index contributed by atoms with van der Waals surface area (Å²) in [4.78, 5) is 29.9. The van der Waals surface area contributed by atoms with Crippen molar-refractivity contribution in [3.63, 3.8) is 0 Å². The highest BCUT2D eigenvalue weighted by Crippen LogP contribution is 2.43. The maximum atomic E-state index is 15.0. The average molecular weight is 741 g/mol. The SMILES string of the molecule is CCCCCCCCCC(C)(C)SN(C(=O)C(=O)N(SC(C)(C)CCCCCCCCC)c1cccc2ccccc12)c1cccc2ccccc12. The minimum atomic E-state index is -0.513. The molecule has 0 radical (unpaired) electrons. The number of carbonyl (C=O) groups excluding carboxylic acids is 2. The molecule has 52 heavy (non-hydrogen) atoms. The molecule has 0 spiro atoms. The molecule has 4 nitrogen and oxygen atoms in total. The van der Waals surface area contributed by atoms with E-state index in [1.807, 2.05) is 48.5 Å². The molecule has 0 bridgehead atoms. The van der Waals surface area contributed by atoms with E-state index >= 15 is 0 Å². The van der Waals surface area contributed by atoms with E-state index in [1.54, 1.807) is 8.61 Å². The molecular formula is C46H64N2O2S2. The molecule has 4 aromatic rings. The van der Waals surface area contributed by atoms with E-state index in [1.165, 1.54) is 101 Å². The van der Waals surface area contributed by atoms with Crippen LogP contribution in [-0.4, -0.2) is 21.3 Å². The normalized spacial score (nSPS) is 12.0. The Hall–Kier alpha value is -2.96. The summed E-state index contributed by atoms with van der Waals surface area (Å²) in [5.74, 6) is -1.03. The van der Waals surface area contributed by atoms with Crippen LogP contribution in [0.25, 0.3) is 21.5 Å². The second kappa shape index (κ2) is 21.1. The summed E-state index contributed by atoms with van der Waals surface area (Å²) >= 11 is 3.02. The van der Waals surface area contributed by atoms with E-state index in [0.717, 1.165) is 58.6 Å². The standard InChI is InChI=1S/C46H64N2O2S2/c1-7-9-11-13-15-17-23-35-45(3,4)51-47(41-33-25-29-37-27-19-21-31-39(37)41)43(49)44(50)48(42-34-26-30-38-28-20-22-32-40(38)42)52-46(5,6)36-24-18-16-14-12-10-8-2/h19-22,25-34H,7-18,23-24,35-36H2,1-6H3. The Bertz CT molecular complexity index is 1560. The molecule has 0 unspecified atom stereocenters. The van der Waals surface area contributed by atoms with Crippen LogP contribution in [-0.2, 0) is 9.59 Å². The molecule has 0 N–H and O–H groups in total. The Labute approximate surface area is 324 Å². The zero-order valence-corrected chi connectivity index (χ0v) is 34.6. The number of rotatable bonds is 22. The van der Waals surface area contributed by atoms with Gasteiger partial charge in [-0.05, 0) is 87.3 Å². The molecule has 4 aromatic carbocycles. The third-order valence-corrected chi connectivity index (χ3v) is 12.5. The largest absolute Gasteiger partial charge is 0.327 e. The maximum absolute atomic E-state index is 15.0. The molecule has 4 rings (SSSR count). The van der Waals surface area contributed by atoms with Crippen LogP contribution in [0.2, 0.25) is 0 Å². The lowest BCUT2D eigenvalue weighted by Gasteiger charge is -2.35. The number of hydrogen-bond donors (Lipinski definition) is 0. The smallest absolute Gasteiger partial charge is 0.262 e. The first-order valence-corrected chi connectivity index (χ1v) is 21.6. The van der Waals surface area contributed by atoms with Gasteiger partial charge in [-0.1, -0.05) is 177 Å². The zero-order valence-electron chi connectivity index (χ0n) is 32.9. The molecule has 0 saturated carbocycles. The van der Waals surface area contributed by atoms with Gasteiger partial charge < -0.3 is 0 Å². The lowest BCUT2D eigenvalue weighted by molar-refractivity contribution is -0.134. The summed E-state index contributed by atoms with van der Waals surface area (Å²) < 4.78 is 2.91. The van der Waals surface area contributed by atoms with Gasteiger partial charge in [-0.3, -0.25) is 9.59 Å². The number of nitrogens with zero attached hydrogens (tertiary/aromatic N) is 2. The van der Waals surface area contributed by atoms with Gasteiger partial charge in [0.1, 0.15) is 0 Å². The van der Waals surface area contributed by atoms with Gasteiger partial charge in [-0.2, -0.15) is 0 Å². The number of hydrogen-bond acceptors (Lipinski definition) is 4.